The Labute approximate surface area is 206 Å². The summed E-state index contributed by atoms with van der Waals surface area (Å²) in [5.41, 5.74) is 4.64. The zero-order valence-corrected chi connectivity index (χ0v) is 20.5. The van der Waals surface area contributed by atoms with Gasteiger partial charge in [0.05, 0.1) is 0 Å². The molecule has 186 valence electrons. The van der Waals surface area contributed by atoms with E-state index < -0.39 is 18.1 Å². The molecule has 0 saturated heterocycles. The van der Waals surface area contributed by atoms with Crippen LogP contribution in [0.15, 0.2) is 48.5 Å². The second kappa shape index (κ2) is 10.1. The maximum Gasteiger partial charge on any atom is 0.407 e. The van der Waals surface area contributed by atoms with Crippen molar-refractivity contribution in [2.45, 2.75) is 52.0 Å². The lowest BCUT2D eigenvalue weighted by molar-refractivity contribution is -0.142. The molecule has 0 radical (unpaired) electrons. The molecule has 4 rings (SSSR count). The van der Waals surface area contributed by atoms with E-state index in [2.05, 4.69) is 34.9 Å². The van der Waals surface area contributed by atoms with Gasteiger partial charge in [0.15, 0.2) is 0 Å². The monoisotopic (exact) mass is 478 g/mol. The highest BCUT2D eigenvalue weighted by atomic mass is 16.5. The highest BCUT2D eigenvalue weighted by Crippen LogP contribution is 2.44. The molecule has 0 heterocycles. The van der Waals surface area contributed by atoms with E-state index in [0.717, 1.165) is 11.1 Å². The molecule has 3 atom stereocenters. The van der Waals surface area contributed by atoms with Crippen molar-refractivity contribution in [3.63, 3.8) is 0 Å². The molecule has 2 aliphatic carbocycles. The van der Waals surface area contributed by atoms with Gasteiger partial charge in [-0.1, -0.05) is 69.3 Å². The summed E-state index contributed by atoms with van der Waals surface area (Å²) in [5, 5.41) is 14.9. The van der Waals surface area contributed by atoms with Crippen molar-refractivity contribution in [3.05, 3.63) is 59.7 Å². The number of nitrogens with one attached hydrogen (secondary N) is 2. The number of hydrogen-bond donors (Lipinski definition) is 3. The largest absolute Gasteiger partial charge is 0.480 e. The van der Waals surface area contributed by atoms with Gasteiger partial charge in [-0.2, -0.15) is 0 Å². The van der Waals surface area contributed by atoms with Gasteiger partial charge in [-0.05, 0) is 52.8 Å². The average molecular weight is 479 g/mol. The number of carboxylic acids is 1. The first-order chi connectivity index (χ1) is 16.6. The molecule has 2 amide bonds. The van der Waals surface area contributed by atoms with E-state index in [0.29, 0.717) is 25.8 Å². The minimum Gasteiger partial charge on any atom is -0.480 e. The lowest BCUT2D eigenvalue weighted by Gasteiger charge is -2.21. The standard InChI is InChI=1S/C28H34N2O5/c1-28(2,3)13-12-24(26(32)33)30-25(31)22-14-17(22)15-29-27(34)35-16-23-20-10-6-4-8-18(20)19-9-5-7-11-21(19)23/h4-11,17,22-24H,12-16H2,1-3H3,(H,29,34)(H,30,31)(H,32,33)/t17-,22-,24?/m0/s1. The van der Waals surface area contributed by atoms with Crippen molar-refractivity contribution in [1.82, 2.24) is 10.6 Å². The molecule has 35 heavy (non-hydrogen) atoms. The summed E-state index contributed by atoms with van der Waals surface area (Å²) in [6.45, 7) is 6.69. The Hall–Kier alpha value is -3.35. The Morgan fingerprint density at radius 1 is 1.03 bits per heavy atom. The number of carboxylic acid groups (broad SMARTS) is 1. The van der Waals surface area contributed by atoms with Crippen LogP contribution >= 0.6 is 0 Å². The normalized spacial score (nSPS) is 19.3. The van der Waals surface area contributed by atoms with Crippen molar-refractivity contribution < 1.29 is 24.2 Å². The summed E-state index contributed by atoms with van der Waals surface area (Å²) < 4.78 is 5.55. The third kappa shape index (κ3) is 6.02. The summed E-state index contributed by atoms with van der Waals surface area (Å²) in [4.78, 5) is 36.4. The first kappa shape index (κ1) is 24.8. The highest BCUT2D eigenvalue weighted by molar-refractivity contribution is 5.86. The fourth-order valence-corrected chi connectivity index (χ4v) is 4.77. The number of amides is 2. The number of carbonyl (C=O) groups is 3. The summed E-state index contributed by atoms with van der Waals surface area (Å²) in [5.74, 6) is -1.57. The zero-order valence-electron chi connectivity index (χ0n) is 20.5. The second-order valence-electron chi connectivity index (χ2n) is 10.8. The van der Waals surface area contributed by atoms with Crippen molar-refractivity contribution in [2.75, 3.05) is 13.2 Å². The number of aliphatic carboxylic acids is 1. The molecule has 0 aliphatic heterocycles. The molecule has 0 bridgehead atoms. The van der Waals surface area contributed by atoms with Crippen LogP contribution in [0.2, 0.25) is 0 Å². The van der Waals surface area contributed by atoms with E-state index in [4.69, 9.17) is 4.74 Å². The van der Waals surface area contributed by atoms with Crippen molar-refractivity contribution in [2.24, 2.45) is 17.3 Å². The van der Waals surface area contributed by atoms with E-state index in [1.54, 1.807) is 0 Å². The third-order valence-electron chi connectivity index (χ3n) is 6.91. The molecular formula is C28H34N2O5. The topological polar surface area (TPSA) is 105 Å². The Morgan fingerprint density at radius 3 is 2.20 bits per heavy atom. The van der Waals surface area contributed by atoms with E-state index >= 15 is 0 Å². The third-order valence-corrected chi connectivity index (χ3v) is 6.91. The number of ether oxygens (including phenoxy) is 1. The fraction of sp³-hybridized carbons (Fsp3) is 0.464. The zero-order chi connectivity index (χ0) is 25.2. The van der Waals surface area contributed by atoms with Gasteiger partial charge in [0.2, 0.25) is 5.91 Å². The van der Waals surface area contributed by atoms with Crippen molar-refractivity contribution in [3.8, 4) is 11.1 Å². The molecule has 3 N–H and O–H groups in total. The van der Waals surface area contributed by atoms with Crippen LogP contribution in [0, 0.1) is 17.3 Å². The Kier molecular flexibility index (Phi) is 7.15. The first-order valence-electron chi connectivity index (χ1n) is 12.3. The van der Waals surface area contributed by atoms with Crippen LogP contribution in [0.25, 0.3) is 11.1 Å². The summed E-state index contributed by atoms with van der Waals surface area (Å²) >= 11 is 0. The van der Waals surface area contributed by atoms with Gasteiger partial charge in [-0.3, -0.25) is 4.79 Å². The van der Waals surface area contributed by atoms with E-state index in [1.165, 1.54) is 11.1 Å². The minimum absolute atomic E-state index is 0.00588. The van der Waals surface area contributed by atoms with Crippen molar-refractivity contribution in [1.29, 1.82) is 0 Å². The molecule has 1 saturated carbocycles. The van der Waals surface area contributed by atoms with Crippen LogP contribution in [-0.2, 0) is 14.3 Å². The van der Waals surface area contributed by atoms with Gasteiger partial charge < -0.3 is 20.5 Å². The summed E-state index contributed by atoms with van der Waals surface area (Å²) in [6, 6.07) is 15.4. The minimum atomic E-state index is -1.02. The molecule has 7 nitrogen and oxygen atoms in total. The predicted molar refractivity (Wildman–Crippen MR) is 133 cm³/mol. The van der Waals surface area contributed by atoms with Gasteiger partial charge in [-0.15, -0.1) is 0 Å². The van der Waals surface area contributed by atoms with Gasteiger partial charge in [0.1, 0.15) is 12.6 Å². The van der Waals surface area contributed by atoms with Gasteiger partial charge >= 0.3 is 12.1 Å². The van der Waals surface area contributed by atoms with E-state index in [9.17, 15) is 19.5 Å². The number of carbonyl (C=O) groups excluding carboxylic acids is 2. The molecule has 1 fully saturated rings. The fourth-order valence-electron chi connectivity index (χ4n) is 4.77. The number of rotatable bonds is 9. The number of alkyl carbamates (subject to hydrolysis) is 1. The summed E-state index contributed by atoms with van der Waals surface area (Å²) in [7, 11) is 0. The predicted octanol–water partition coefficient (Wildman–Crippen LogP) is 4.56. The SMILES string of the molecule is CC(C)(C)CCC(NC(=O)[C@H]1C[C@H]1CNC(=O)OCC1c2ccccc2-c2ccccc21)C(=O)O. The Bertz CT molecular complexity index is 1060. The van der Waals surface area contributed by atoms with E-state index in [1.807, 2.05) is 45.0 Å². The lowest BCUT2D eigenvalue weighted by Crippen LogP contribution is -2.42. The maximum atomic E-state index is 12.5. The van der Waals surface area contributed by atoms with E-state index in [-0.39, 0.29) is 35.7 Å². The molecular weight excluding hydrogens is 444 g/mol. The van der Waals surface area contributed by atoms with Crippen LogP contribution in [0.1, 0.15) is 57.1 Å². The van der Waals surface area contributed by atoms with Crippen LogP contribution < -0.4 is 10.6 Å². The number of hydrogen-bond acceptors (Lipinski definition) is 4. The Morgan fingerprint density at radius 2 is 1.63 bits per heavy atom. The molecule has 7 heteroatoms. The second-order valence-corrected chi connectivity index (χ2v) is 10.8. The first-order valence-corrected chi connectivity index (χ1v) is 12.3. The number of fused-ring (bicyclic) bond motifs is 3. The molecule has 0 spiro atoms. The molecule has 2 aromatic rings. The van der Waals surface area contributed by atoms with Crippen molar-refractivity contribution >= 4 is 18.0 Å². The van der Waals surface area contributed by atoms with Gasteiger partial charge in [-0.25, -0.2) is 9.59 Å². The molecule has 0 aromatic heterocycles. The Balaban J connectivity index is 1.23. The maximum absolute atomic E-state index is 12.5. The number of benzene rings is 2. The molecule has 2 aromatic carbocycles. The van der Waals surface area contributed by atoms with Crippen LogP contribution in [0.5, 0.6) is 0 Å². The molecule has 2 aliphatic rings. The van der Waals surface area contributed by atoms with Crippen LogP contribution in [0.4, 0.5) is 4.79 Å². The van der Waals surface area contributed by atoms with Crippen LogP contribution in [0.3, 0.4) is 0 Å². The summed E-state index contributed by atoms with van der Waals surface area (Å²) in [6.07, 6.45) is 1.20. The van der Waals surface area contributed by atoms with Crippen LogP contribution in [-0.4, -0.2) is 42.3 Å². The highest BCUT2D eigenvalue weighted by Gasteiger charge is 2.44. The van der Waals surface area contributed by atoms with Gasteiger partial charge in [0.25, 0.3) is 0 Å². The smallest absolute Gasteiger partial charge is 0.407 e. The average Bonchev–Trinajstić information content (AvgIpc) is 3.53. The molecule has 1 unspecified atom stereocenters. The van der Waals surface area contributed by atoms with Gasteiger partial charge in [0, 0.05) is 18.4 Å². The lowest BCUT2D eigenvalue weighted by atomic mass is 9.88. The quantitative estimate of drug-likeness (QED) is 0.490.